The van der Waals surface area contributed by atoms with E-state index in [2.05, 4.69) is 20.4 Å². The first-order valence-electron chi connectivity index (χ1n) is 10.6. The van der Waals surface area contributed by atoms with Crippen molar-refractivity contribution in [3.63, 3.8) is 0 Å². The van der Waals surface area contributed by atoms with Gasteiger partial charge in [-0.2, -0.15) is 8.78 Å². The number of rotatable bonds is 7. The predicted molar refractivity (Wildman–Crippen MR) is 116 cm³/mol. The zero-order chi connectivity index (χ0) is 24.2. The number of ether oxygens (including phenoxy) is 2. The summed E-state index contributed by atoms with van der Waals surface area (Å²) in [7, 11) is 1.30. The van der Waals surface area contributed by atoms with E-state index >= 15 is 0 Å². The van der Waals surface area contributed by atoms with Gasteiger partial charge in [-0.1, -0.05) is 0 Å². The third-order valence-electron chi connectivity index (χ3n) is 5.52. The van der Waals surface area contributed by atoms with E-state index in [1.807, 2.05) is 0 Å². The van der Waals surface area contributed by atoms with Crippen LogP contribution in [0.4, 0.5) is 23.5 Å². The molecule has 2 heterocycles. The monoisotopic (exact) mass is 478 g/mol. The van der Waals surface area contributed by atoms with E-state index in [1.54, 1.807) is 0 Å². The summed E-state index contributed by atoms with van der Waals surface area (Å²) in [6, 6.07) is 7.10. The maximum atomic E-state index is 14.9. The second kappa shape index (κ2) is 10.1. The van der Waals surface area contributed by atoms with E-state index in [0.29, 0.717) is 5.69 Å². The van der Waals surface area contributed by atoms with Gasteiger partial charge in [0.15, 0.2) is 11.6 Å². The molecule has 1 fully saturated rings. The number of nitrogens with zero attached hydrogens (tertiary/aromatic N) is 2. The van der Waals surface area contributed by atoms with Crippen LogP contribution in [-0.4, -0.2) is 42.3 Å². The van der Waals surface area contributed by atoms with Crippen LogP contribution >= 0.6 is 0 Å². The van der Waals surface area contributed by atoms with E-state index in [-0.39, 0.29) is 28.9 Å². The molecule has 0 spiro atoms. The molecule has 34 heavy (non-hydrogen) atoms. The van der Waals surface area contributed by atoms with Gasteiger partial charge in [-0.05, 0) is 50.2 Å². The summed E-state index contributed by atoms with van der Waals surface area (Å²) in [4.78, 5) is 17.3. The van der Waals surface area contributed by atoms with Crippen molar-refractivity contribution >= 4 is 11.9 Å². The van der Waals surface area contributed by atoms with Crippen LogP contribution in [0.5, 0.6) is 11.5 Å². The van der Waals surface area contributed by atoms with E-state index in [0.717, 1.165) is 42.6 Å². The number of aromatic nitrogens is 2. The van der Waals surface area contributed by atoms with Crippen molar-refractivity contribution in [3.8, 4) is 17.2 Å². The number of carbonyl (C=O) groups excluding carboxylic acids is 1. The molecule has 4 rings (SSSR count). The maximum Gasteiger partial charge on any atom is 0.387 e. The number of piperidine rings is 1. The van der Waals surface area contributed by atoms with Crippen molar-refractivity contribution in [2.24, 2.45) is 0 Å². The van der Waals surface area contributed by atoms with Crippen molar-refractivity contribution < 1.29 is 31.8 Å². The number of anilines is 1. The highest BCUT2D eigenvalue weighted by Crippen LogP contribution is 2.31. The number of hydrogen-bond donors (Lipinski definition) is 2. The van der Waals surface area contributed by atoms with Crippen LogP contribution in [0.15, 0.2) is 42.6 Å². The highest BCUT2D eigenvalue weighted by molar-refractivity contribution is 6.03. The Morgan fingerprint density at radius 3 is 2.35 bits per heavy atom. The standard InChI is InChI=1S/C23H22F4N4O3/c1-33-16-10-17(24)20(18(25)11-16)31-12-19(13-6-8-28-9-7-13)29-23(31)30-21(32)14-2-4-15(5-3-14)34-22(26)27/h2-5,10-13,22,28H,6-9H2,1H3,(H,29,30,32). The fourth-order valence-corrected chi connectivity index (χ4v) is 3.82. The lowest BCUT2D eigenvalue weighted by Crippen LogP contribution is -2.26. The van der Waals surface area contributed by atoms with Gasteiger partial charge < -0.3 is 14.8 Å². The summed E-state index contributed by atoms with van der Waals surface area (Å²) in [6.45, 7) is -1.44. The van der Waals surface area contributed by atoms with Crippen LogP contribution in [0.1, 0.15) is 34.8 Å². The third-order valence-corrected chi connectivity index (χ3v) is 5.52. The Kier molecular flexibility index (Phi) is 7.01. The average Bonchev–Trinajstić information content (AvgIpc) is 3.22. The van der Waals surface area contributed by atoms with Crippen LogP contribution in [0.2, 0.25) is 0 Å². The summed E-state index contributed by atoms with van der Waals surface area (Å²) in [5.41, 5.74) is 0.298. The van der Waals surface area contributed by atoms with Gasteiger partial charge in [0, 0.05) is 29.8 Å². The molecule has 0 atom stereocenters. The lowest BCUT2D eigenvalue weighted by molar-refractivity contribution is -0.0498. The Morgan fingerprint density at radius 2 is 1.76 bits per heavy atom. The molecule has 0 bridgehead atoms. The molecule has 2 aromatic carbocycles. The van der Waals surface area contributed by atoms with Crippen LogP contribution in [-0.2, 0) is 0 Å². The molecule has 0 saturated carbocycles. The van der Waals surface area contributed by atoms with Crippen molar-refractivity contribution in [1.82, 2.24) is 14.9 Å². The molecule has 1 aliphatic heterocycles. The number of hydrogen-bond acceptors (Lipinski definition) is 5. The quantitative estimate of drug-likeness (QED) is 0.490. The Balaban J connectivity index is 1.68. The van der Waals surface area contributed by atoms with Crippen LogP contribution in [0.3, 0.4) is 0 Å². The first kappa shape index (κ1) is 23.6. The second-order valence-corrected chi connectivity index (χ2v) is 7.68. The van der Waals surface area contributed by atoms with E-state index in [9.17, 15) is 22.4 Å². The molecule has 7 nitrogen and oxygen atoms in total. The molecule has 180 valence electrons. The normalized spacial score (nSPS) is 14.3. The van der Waals surface area contributed by atoms with Gasteiger partial charge in [0.1, 0.15) is 17.2 Å². The molecule has 1 aliphatic rings. The molecule has 11 heteroatoms. The number of methoxy groups -OCH3 is 1. The molecule has 1 saturated heterocycles. The molecule has 0 unspecified atom stereocenters. The molecular weight excluding hydrogens is 456 g/mol. The molecule has 3 aromatic rings. The van der Waals surface area contributed by atoms with Crippen molar-refractivity contribution in [1.29, 1.82) is 0 Å². The Morgan fingerprint density at radius 1 is 1.12 bits per heavy atom. The minimum Gasteiger partial charge on any atom is -0.497 e. The summed E-state index contributed by atoms with van der Waals surface area (Å²) in [5.74, 6) is -2.55. The van der Waals surface area contributed by atoms with Crippen molar-refractivity contribution in [2.75, 3.05) is 25.5 Å². The van der Waals surface area contributed by atoms with Gasteiger partial charge in [-0.15, -0.1) is 0 Å². The van der Waals surface area contributed by atoms with E-state index in [1.165, 1.54) is 37.6 Å². The fraction of sp³-hybridized carbons (Fsp3) is 0.304. The number of nitrogens with one attached hydrogen (secondary N) is 2. The number of alkyl halides is 2. The third kappa shape index (κ3) is 5.14. The molecule has 1 aromatic heterocycles. The topological polar surface area (TPSA) is 77.4 Å². The summed E-state index contributed by atoms with van der Waals surface area (Å²) in [6.07, 6.45) is 3.08. The highest BCUT2D eigenvalue weighted by Gasteiger charge is 2.24. The number of carbonyl (C=O) groups is 1. The average molecular weight is 478 g/mol. The minimum absolute atomic E-state index is 0.00846. The van der Waals surface area contributed by atoms with Gasteiger partial charge in [-0.3, -0.25) is 14.7 Å². The summed E-state index contributed by atoms with van der Waals surface area (Å²) >= 11 is 0. The second-order valence-electron chi connectivity index (χ2n) is 7.68. The molecule has 0 aliphatic carbocycles. The fourth-order valence-electron chi connectivity index (χ4n) is 3.82. The van der Waals surface area contributed by atoms with E-state index < -0.39 is 29.8 Å². The van der Waals surface area contributed by atoms with Gasteiger partial charge in [0.05, 0.1) is 12.8 Å². The summed E-state index contributed by atoms with van der Waals surface area (Å²) in [5, 5.41) is 5.81. The lowest BCUT2D eigenvalue weighted by atomic mass is 9.95. The highest BCUT2D eigenvalue weighted by atomic mass is 19.3. The first-order valence-corrected chi connectivity index (χ1v) is 10.6. The summed E-state index contributed by atoms with van der Waals surface area (Å²) < 4.78 is 64.8. The largest absolute Gasteiger partial charge is 0.497 e. The Labute approximate surface area is 192 Å². The molecular formula is C23H22F4N4O3. The number of benzene rings is 2. The smallest absolute Gasteiger partial charge is 0.387 e. The number of imidazole rings is 1. The Bertz CT molecular complexity index is 1140. The van der Waals surface area contributed by atoms with Gasteiger partial charge in [-0.25, -0.2) is 13.8 Å². The minimum atomic E-state index is -2.99. The molecule has 0 radical (unpaired) electrons. The maximum absolute atomic E-state index is 14.9. The molecule has 2 N–H and O–H groups in total. The molecule has 1 amide bonds. The Hall–Kier alpha value is -3.60. The first-order chi connectivity index (χ1) is 16.4. The zero-order valence-electron chi connectivity index (χ0n) is 18.2. The van der Waals surface area contributed by atoms with Crippen LogP contribution in [0.25, 0.3) is 5.69 Å². The lowest BCUT2D eigenvalue weighted by Gasteiger charge is -2.20. The van der Waals surface area contributed by atoms with Crippen molar-refractivity contribution in [3.05, 3.63) is 65.5 Å². The van der Waals surface area contributed by atoms with Gasteiger partial charge in [0.25, 0.3) is 5.91 Å². The SMILES string of the molecule is COc1cc(F)c(-n2cc(C3CCNCC3)nc2NC(=O)c2ccc(OC(F)F)cc2)c(F)c1. The zero-order valence-corrected chi connectivity index (χ0v) is 18.2. The van der Waals surface area contributed by atoms with Gasteiger partial charge >= 0.3 is 6.61 Å². The number of amides is 1. The van der Waals surface area contributed by atoms with Gasteiger partial charge in [0.2, 0.25) is 5.95 Å². The number of halogens is 4. The van der Waals surface area contributed by atoms with Crippen LogP contribution < -0.4 is 20.1 Å². The van der Waals surface area contributed by atoms with E-state index in [4.69, 9.17) is 4.74 Å². The predicted octanol–water partition coefficient (Wildman–Crippen LogP) is 4.48. The van der Waals surface area contributed by atoms with Crippen LogP contribution in [0, 0.1) is 11.6 Å². The van der Waals surface area contributed by atoms with Crippen molar-refractivity contribution in [2.45, 2.75) is 25.4 Å².